The highest BCUT2D eigenvalue weighted by molar-refractivity contribution is 7.64. The molecule has 11 atom stereocenters. The fraction of sp³-hybridized carbons (Fsp3) is 0.750. The van der Waals surface area contributed by atoms with Crippen LogP contribution in [0.1, 0.15) is 13.2 Å². The molecular formula is C20H34N4O16P2. The monoisotopic (exact) mass is 648 g/mol. The smallest absolute Gasteiger partial charge is 0.388 e. The fourth-order valence-electron chi connectivity index (χ4n) is 4.17. The summed E-state index contributed by atoms with van der Waals surface area (Å²) in [5.74, 6) is -0.694. The average molecular weight is 648 g/mol. The van der Waals surface area contributed by atoms with Crippen molar-refractivity contribution in [3.05, 3.63) is 33.1 Å². The summed E-state index contributed by atoms with van der Waals surface area (Å²) >= 11 is 0. The minimum absolute atomic E-state index is 0.0312. The van der Waals surface area contributed by atoms with Crippen LogP contribution in [0.15, 0.2) is 21.9 Å². The number of aromatic amines is 1. The van der Waals surface area contributed by atoms with E-state index in [4.69, 9.17) is 27.4 Å². The van der Waals surface area contributed by atoms with E-state index in [1.165, 1.54) is 7.05 Å². The lowest BCUT2D eigenvalue weighted by atomic mass is 9.96. The maximum Gasteiger partial charge on any atom is 0.481 e. The third kappa shape index (κ3) is 7.99. The maximum absolute atomic E-state index is 13.4. The Labute approximate surface area is 237 Å². The van der Waals surface area contributed by atoms with Crippen LogP contribution in [0.4, 0.5) is 0 Å². The molecule has 240 valence electrons. The van der Waals surface area contributed by atoms with Crippen molar-refractivity contribution in [1.82, 2.24) is 20.2 Å². The van der Waals surface area contributed by atoms with E-state index in [1.807, 2.05) is 4.98 Å². The number of phosphoric acid groups is 1. The second-order valence-corrected chi connectivity index (χ2v) is 13.1. The second kappa shape index (κ2) is 14.3. The molecule has 22 heteroatoms. The molecule has 3 heterocycles. The summed E-state index contributed by atoms with van der Waals surface area (Å²) in [5, 5.41) is 56.4. The lowest BCUT2D eigenvalue weighted by Gasteiger charge is -2.43. The van der Waals surface area contributed by atoms with Gasteiger partial charge in [0, 0.05) is 32.8 Å². The van der Waals surface area contributed by atoms with E-state index in [0.29, 0.717) is 0 Å². The Morgan fingerprint density at radius 1 is 1.10 bits per heavy atom. The van der Waals surface area contributed by atoms with Crippen LogP contribution in [-0.2, 0) is 41.3 Å². The minimum atomic E-state index is -4.92. The quantitative estimate of drug-likeness (QED) is 0.0954. The third-order valence-corrected chi connectivity index (χ3v) is 9.80. The number of phosphoric ester groups is 1. The van der Waals surface area contributed by atoms with Gasteiger partial charge >= 0.3 is 21.1 Å². The zero-order valence-electron chi connectivity index (χ0n) is 22.5. The molecule has 2 saturated heterocycles. The van der Waals surface area contributed by atoms with E-state index in [1.54, 1.807) is 0 Å². The molecule has 2 fully saturated rings. The average Bonchev–Trinajstić information content (AvgIpc) is 3.21. The number of aromatic nitrogens is 2. The van der Waals surface area contributed by atoms with Crippen LogP contribution in [0.5, 0.6) is 0 Å². The lowest BCUT2D eigenvalue weighted by molar-refractivity contribution is -0.237. The van der Waals surface area contributed by atoms with Gasteiger partial charge in [-0.1, -0.05) is 0 Å². The largest absolute Gasteiger partial charge is 0.481 e. The van der Waals surface area contributed by atoms with E-state index < -0.39 is 101 Å². The summed E-state index contributed by atoms with van der Waals surface area (Å²) in [4.78, 5) is 37.0. The van der Waals surface area contributed by atoms with E-state index >= 15 is 0 Å². The summed E-state index contributed by atoms with van der Waals surface area (Å²) in [6.45, 7) is 0.211. The van der Waals surface area contributed by atoms with Gasteiger partial charge in [0.1, 0.15) is 49.0 Å². The lowest BCUT2D eigenvalue weighted by Crippen LogP contribution is -2.65. The van der Waals surface area contributed by atoms with Crippen LogP contribution in [0.3, 0.4) is 0 Å². The Hall–Kier alpha value is -1.87. The second-order valence-electron chi connectivity index (χ2n) is 9.24. The van der Waals surface area contributed by atoms with Gasteiger partial charge < -0.3 is 45.6 Å². The Balaban J connectivity index is 1.74. The molecule has 3 rings (SSSR count). The highest BCUT2D eigenvalue weighted by Crippen LogP contribution is 2.65. The Morgan fingerprint density at radius 2 is 1.76 bits per heavy atom. The number of hydrogen-bond acceptors (Lipinski definition) is 17. The van der Waals surface area contributed by atoms with Gasteiger partial charge in [0.15, 0.2) is 12.5 Å². The zero-order valence-corrected chi connectivity index (χ0v) is 24.3. The van der Waals surface area contributed by atoms with Crippen LogP contribution < -0.4 is 21.9 Å². The summed E-state index contributed by atoms with van der Waals surface area (Å²) in [5.41, 5.74) is -1.67. The van der Waals surface area contributed by atoms with Crippen molar-refractivity contribution in [1.29, 1.82) is 0 Å². The number of nitrogens with one attached hydrogen (secondary N) is 3. The number of aliphatic hydroxyl groups excluding tert-OH is 5. The number of rotatable bonds is 13. The predicted molar refractivity (Wildman–Crippen MR) is 137 cm³/mol. The number of ether oxygens (including phenoxy) is 2. The number of hydrogen-bond donors (Lipinski definition) is 8. The molecule has 2 aliphatic rings. The summed E-state index contributed by atoms with van der Waals surface area (Å²) in [6, 6.07) is -0.547. The summed E-state index contributed by atoms with van der Waals surface area (Å²) < 4.78 is 58.3. The zero-order chi connectivity index (χ0) is 31.4. The third-order valence-electron chi connectivity index (χ3n) is 6.22. The first-order valence-electron chi connectivity index (χ1n) is 12.3. The normalized spacial score (nSPS) is 34.4. The Bertz CT molecular complexity index is 1290. The van der Waals surface area contributed by atoms with Crippen molar-refractivity contribution >= 4 is 21.3 Å². The first-order chi connectivity index (χ1) is 19.7. The predicted octanol–water partition coefficient (Wildman–Crippen LogP) is -3.73. The molecule has 0 radical (unpaired) electrons. The van der Waals surface area contributed by atoms with Crippen LogP contribution in [0.25, 0.3) is 0 Å². The standard InChI is InChI=1S/C20H34N4O16P2/c1-9(26)22-13-16(30)14(28)10(6-21-2)38-19(13)39-41(33,8-25)40-42(34,35-3)36-7-11-15(29)17(31)18(37-11)24-5-4-12(27)23-20(24)32/h4-5,10-11,13-19,21,25,28-31H,6-8H2,1-3H3,(H,22,26)(H,23,27,32). The Morgan fingerprint density at radius 3 is 2.33 bits per heavy atom. The van der Waals surface area contributed by atoms with Crippen LogP contribution in [0, 0.1) is 0 Å². The van der Waals surface area contributed by atoms with Gasteiger partial charge in [0.2, 0.25) is 5.91 Å². The molecule has 8 N–H and O–H groups in total. The van der Waals surface area contributed by atoms with E-state index in [-0.39, 0.29) is 6.54 Å². The fourth-order valence-corrected chi connectivity index (χ4v) is 7.20. The van der Waals surface area contributed by atoms with Crippen LogP contribution in [0.2, 0.25) is 0 Å². The van der Waals surface area contributed by atoms with Gasteiger partial charge in [-0.15, -0.1) is 0 Å². The van der Waals surface area contributed by atoms with Gasteiger partial charge in [-0.3, -0.25) is 37.3 Å². The molecule has 1 aromatic heterocycles. The number of likely N-dealkylation sites (N-methyl/N-ethyl adjacent to an activating group) is 1. The van der Waals surface area contributed by atoms with E-state index in [2.05, 4.69) is 10.6 Å². The van der Waals surface area contributed by atoms with Gasteiger partial charge in [-0.25, -0.2) is 13.7 Å². The molecule has 1 amide bonds. The topological polar surface area (TPSA) is 287 Å². The Kier molecular flexibility index (Phi) is 11.8. The number of amides is 1. The van der Waals surface area contributed by atoms with Gasteiger partial charge in [-0.05, 0) is 7.05 Å². The minimum Gasteiger partial charge on any atom is -0.388 e. The molecule has 0 aromatic carbocycles. The van der Waals surface area contributed by atoms with Crippen molar-refractivity contribution in [3.63, 3.8) is 0 Å². The first-order valence-corrected chi connectivity index (χ1v) is 15.5. The highest BCUT2D eigenvalue weighted by atomic mass is 31.3. The highest BCUT2D eigenvalue weighted by Gasteiger charge is 2.50. The molecule has 0 bridgehead atoms. The van der Waals surface area contributed by atoms with Crippen molar-refractivity contribution < 1.29 is 66.8 Å². The summed E-state index contributed by atoms with van der Waals surface area (Å²) in [7, 11) is -7.50. The molecule has 1 aromatic rings. The SMILES string of the molecule is CNCC1OC(OP(=O)(CO)OP(=O)(OC)OCC2OC(n3ccc(=O)[nH]c3=O)C(O)C2O)C(NC(C)=O)C(O)C1O. The number of H-pyrrole nitrogens is 1. The molecule has 0 saturated carbocycles. The molecule has 20 nitrogen and oxygen atoms in total. The van der Waals surface area contributed by atoms with E-state index in [0.717, 1.165) is 30.9 Å². The molecule has 0 aliphatic carbocycles. The molecule has 42 heavy (non-hydrogen) atoms. The molecule has 11 unspecified atom stereocenters. The van der Waals surface area contributed by atoms with E-state index in [9.17, 15) is 49.0 Å². The van der Waals surface area contributed by atoms with Crippen molar-refractivity contribution in [2.75, 3.05) is 33.7 Å². The van der Waals surface area contributed by atoms with Crippen LogP contribution >= 0.6 is 15.4 Å². The molecule has 0 spiro atoms. The summed E-state index contributed by atoms with van der Waals surface area (Å²) in [6.07, 6.45) is -13.0. The number of nitrogens with zero attached hydrogens (tertiary/aromatic N) is 1. The maximum atomic E-state index is 13.4. The molecular weight excluding hydrogens is 614 g/mol. The van der Waals surface area contributed by atoms with Gasteiger partial charge in [0.05, 0.1) is 6.61 Å². The van der Waals surface area contributed by atoms with Gasteiger partial charge in [-0.2, -0.15) is 0 Å². The van der Waals surface area contributed by atoms with Crippen molar-refractivity contribution in [2.45, 2.75) is 62.1 Å². The van der Waals surface area contributed by atoms with Crippen molar-refractivity contribution in [3.8, 4) is 0 Å². The molecule has 2 aliphatic heterocycles. The number of carbonyl (C=O) groups excluding carboxylic acids is 1. The van der Waals surface area contributed by atoms with Gasteiger partial charge in [0.25, 0.3) is 5.56 Å². The van der Waals surface area contributed by atoms with Crippen LogP contribution in [-0.4, -0.2) is 124 Å². The first kappa shape index (κ1) is 34.6. The van der Waals surface area contributed by atoms with Crippen molar-refractivity contribution in [2.24, 2.45) is 0 Å². The number of aliphatic hydroxyl groups is 5. The number of carbonyl (C=O) groups is 1.